The van der Waals surface area contributed by atoms with Gasteiger partial charge in [0.15, 0.2) is 5.78 Å². The van der Waals surface area contributed by atoms with Crippen LogP contribution in [0.3, 0.4) is 0 Å². The summed E-state index contributed by atoms with van der Waals surface area (Å²) in [6.45, 7) is 9.10. The molecular weight excluding hydrogens is 286 g/mol. The van der Waals surface area contributed by atoms with Crippen LogP contribution in [-0.4, -0.2) is 31.1 Å². The first kappa shape index (κ1) is 15.8. The van der Waals surface area contributed by atoms with Crippen LogP contribution in [0.1, 0.15) is 42.9 Å². The van der Waals surface area contributed by atoms with Gasteiger partial charge in [-0.1, -0.05) is 13.8 Å². The fourth-order valence-electron chi connectivity index (χ4n) is 2.55. The van der Waals surface area contributed by atoms with E-state index in [1.54, 1.807) is 0 Å². The first-order chi connectivity index (χ1) is 9.85. The Morgan fingerprint density at radius 2 is 2.00 bits per heavy atom. The number of carbonyl (C=O) groups excluding carboxylic acids is 1. The molecule has 114 valence electrons. The van der Waals surface area contributed by atoms with Gasteiger partial charge in [0.05, 0.1) is 22.8 Å². The Morgan fingerprint density at radius 3 is 2.48 bits per heavy atom. The SMILES string of the molecule is CC1CN(c2sc(C(=O)C(C)C)c(N)c2C#N)CC(C)O1. The maximum atomic E-state index is 12.2. The predicted molar refractivity (Wildman–Crippen MR) is 84.8 cm³/mol. The summed E-state index contributed by atoms with van der Waals surface area (Å²) in [5.74, 6) is -0.137. The van der Waals surface area contributed by atoms with Crippen LogP contribution in [0.4, 0.5) is 10.7 Å². The fraction of sp³-hybridized carbons (Fsp3) is 0.600. The molecule has 0 radical (unpaired) electrons. The zero-order chi connectivity index (χ0) is 15.7. The molecule has 2 rings (SSSR count). The van der Waals surface area contributed by atoms with E-state index in [9.17, 15) is 10.1 Å². The van der Waals surface area contributed by atoms with Crippen molar-refractivity contribution in [2.75, 3.05) is 23.7 Å². The van der Waals surface area contributed by atoms with Crippen molar-refractivity contribution < 1.29 is 9.53 Å². The largest absolute Gasteiger partial charge is 0.396 e. The number of nitrogens with two attached hydrogens (primary N) is 1. The highest BCUT2D eigenvalue weighted by Gasteiger charge is 2.29. The molecule has 0 spiro atoms. The van der Waals surface area contributed by atoms with E-state index in [4.69, 9.17) is 10.5 Å². The molecule has 5 nitrogen and oxygen atoms in total. The maximum Gasteiger partial charge on any atom is 0.177 e. The number of thiophene rings is 1. The number of hydrogen-bond acceptors (Lipinski definition) is 6. The third kappa shape index (κ3) is 3.04. The highest BCUT2D eigenvalue weighted by atomic mass is 32.1. The number of hydrogen-bond donors (Lipinski definition) is 1. The molecule has 2 atom stereocenters. The Bertz CT molecular complexity index is 578. The monoisotopic (exact) mass is 307 g/mol. The summed E-state index contributed by atoms with van der Waals surface area (Å²) in [4.78, 5) is 14.8. The van der Waals surface area contributed by atoms with Crippen LogP contribution < -0.4 is 10.6 Å². The number of nitrogens with zero attached hydrogens (tertiary/aromatic N) is 2. The third-order valence-electron chi connectivity index (χ3n) is 3.49. The molecule has 1 aliphatic heterocycles. The second-order valence-corrected chi connectivity index (χ2v) is 6.82. The fourth-order valence-corrected chi connectivity index (χ4v) is 3.83. The van der Waals surface area contributed by atoms with E-state index in [0.29, 0.717) is 29.2 Å². The van der Waals surface area contributed by atoms with E-state index < -0.39 is 0 Å². The molecule has 0 aliphatic carbocycles. The lowest BCUT2D eigenvalue weighted by Gasteiger charge is -2.36. The summed E-state index contributed by atoms with van der Waals surface area (Å²) >= 11 is 1.33. The van der Waals surface area contributed by atoms with Gasteiger partial charge < -0.3 is 15.4 Å². The Hall–Kier alpha value is -1.58. The molecule has 6 heteroatoms. The molecule has 2 unspecified atom stereocenters. The van der Waals surface area contributed by atoms with Crippen molar-refractivity contribution in [1.29, 1.82) is 5.26 Å². The average molecular weight is 307 g/mol. The van der Waals surface area contributed by atoms with Crippen LogP contribution in [0.5, 0.6) is 0 Å². The van der Waals surface area contributed by atoms with Crippen molar-refractivity contribution in [3.05, 3.63) is 10.4 Å². The number of nitrogen functional groups attached to an aromatic ring is 1. The van der Waals surface area contributed by atoms with Gasteiger partial charge in [-0.2, -0.15) is 5.26 Å². The summed E-state index contributed by atoms with van der Waals surface area (Å²) in [5, 5.41) is 10.2. The molecule has 2 heterocycles. The van der Waals surface area contributed by atoms with Crippen molar-refractivity contribution in [2.24, 2.45) is 5.92 Å². The van der Waals surface area contributed by atoms with Gasteiger partial charge >= 0.3 is 0 Å². The molecule has 1 fully saturated rings. The average Bonchev–Trinajstić information content (AvgIpc) is 2.73. The van der Waals surface area contributed by atoms with Crippen LogP contribution >= 0.6 is 11.3 Å². The molecule has 21 heavy (non-hydrogen) atoms. The topological polar surface area (TPSA) is 79.4 Å². The maximum absolute atomic E-state index is 12.2. The van der Waals surface area contributed by atoms with Crippen LogP contribution in [0.15, 0.2) is 0 Å². The van der Waals surface area contributed by atoms with E-state index in [-0.39, 0.29) is 23.9 Å². The van der Waals surface area contributed by atoms with Gasteiger partial charge in [0.25, 0.3) is 0 Å². The highest BCUT2D eigenvalue weighted by molar-refractivity contribution is 7.19. The number of rotatable bonds is 3. The molecule has 1 aromatic heterocycles. The quantitative estimate of drug-likeness (QED) is 0.868. The summed E-state index contributed by atoms with van der Waals surface area (Å²) in [6, 6.07) is 2.16. The van der Waals surface area contributed by atoms with Crippen LogP contribution in [-0.2, 0) is 4.74 Å². The van der Waals surface area contributed by atoms with E-state index in [1.807, 2.05) is 27.7 Å². The minimum atomic E-state index is -0.132. The van der Waals surface area contributed by atoms with E-state index in [1.165, 1.54) is 11.3 Å². The number of morpholine rings is 1. The summed E-state index contributed by atoms with van der Waals surface area (Å²) in [7, 11) is 0. The summed E-state index contributed by atoms with van der Waals surface area (Å²) < 4.78 is 5.72. The van der Waals surface area contributed by atoms with Crippen LogP contribution in [0.25, 0.3) is 0 Å². The summed E-state index contributed by atoms with van der Waals surface area (Å²) in [5.41, 5.74) is 6.78. The summed E-state index contributed by atoms with van der Waals surface area (Å²) in [6.07, 6.45) is 0.181. The zero-order valence-corrected chi connectivity index (χ0v) is 13.7. The first-order valence-electron chi connectivity index (χ1n) is 7.12. The molecule has 0 aromatic carbocycles. The molecule has 0 amide bonds. The van der Waals surface area contributed by atoms with Gasteiger partial charge in [0.2, 0.25) is 0 Å². The van der Waals surface area contributed by atoms with Crippen molar-refractivity contribution in [2.45, 2.75) is 39.9 Å². The molecule has 1 aliphatic rings. The Balaban J connectivity index is 2.42. The minimum Gasteiger partial charge on any atom is -0.396 e. The zero-order valence-electron chi connectivity index (χ0n) is 12.8. The molecule has 0 bridgehead atoms. The van der Waals surface area contributed by atoms with Crippen molar-refractivity contribution in [3.63, 3.8) is 0 Å². The third-order valence-corrected chi connectivity index (χ3v) is 4.77. The van der Waals surface area contributed by atoms with Gasteiger partial charge in [0, 0.05) is 19.0 Å². The van der Waals surface area contributed by atoms with Gasteiger partial charge in [-0.3, -0.25) is 4.79 Å². The van der Waals surface area contributed by atoms with Gasteiger partial charge in [0.1, 0.15) is 16.6 Å². The van der Waals surface area contributed by atoms with Crippen molar-refractivity contribution in [3.8, 4) is 6.07 Å². The van der Waals surface area contributed by atoms with Gasteiger partial charge in [-0.25, -0.2) is 0 Å². The lowest BCUT2D eigenvalue weighted by Crippen LogP contribution is -2.45. The number of carbonyl (C=O) groups is 1. The van der Waals surface area contributed by atoms with Crippen LogP contribution in [0.2, 0.25) is 0 Å². The normalized spacial score (nSPS) is 22.4. The lowest BCUT2D eigenvalue weighted by atomic mass is 10.1. The predicted octanol–water partition coefficient (Wildman–Crippen LogP) is 2.65. The standard InChI is InChI=1S/C15H21N3O2S/c1-8(2)13(19)14-12(17)11(5-16)15(21-14)18-6-9(3)20-10(4)7-18/h8-10H,6-7,17H2,1-4H3. The number of ketones is 1. The Kier molecular flexibility index (Phi) is 4.55. The molecule has 1 saturated heterocycles. The number of ether oxygens (including phenoxy) is 1. The van der Waals surface area contributed by atoms with Gasteiger partial charge in [-0.05, 0) is 13.8 Å². The van der Waals surface area contributed by atoms with E-state index in [2.05, 4.69) is 11.0 Å². The van der Waals surface area contributed by atoms with Gasteiger partial charge in [-0.15, -0.1) is 11.3 Å². The van der Waals surface area contributed by atoms with Crippen LogP contribution in [0, 0.1) is 17.2 Å². The second-order valence-electron chi connectivity index (χ2n) is 5.82. The second kappa shape index (κ2) is 6.04. The number of Topliss-reactive ketones (excluding diaryl/α,β-unsaturated/α-hetero) is 1. The van der Waals surface area contributed by atoms with E-state index in [0.717, 1.165) is 5.00 Å². The van der Waals surface area contributed by atoms with Crippen molar-refractivity contribution >= 4 is 27.8 Å². The smallest absolute Gasteiger partial charge is 0.177 e. The molecule has 1 aromatic rings. The Labute approximate surface area is 129 Å². The van der Waals surface area contributed by atoms with Crippen molar-refractivity contribution in [1.82, 2.24) is 0 Å². The lowest BCUT2D eigenvalue weighted by molar-refractivity contribution is -0.00501. The minimum absolute atomic E-state index is 0.00499. The molecule has 0 saturated carbocycles. The molecular formula is C15H21N3O2S. The Morgan fingerprint density at radius 1 is 1.43 bits per heavy atom. The first-order valence-corrected chi connectivity index (χ1v) is 7.93. The molecule has 2 N–H and O–H groups in total. The number of nitriles is 1. The highest BCUT2D eigenvalue weighted by Crippen LogP contribution is 2.40. The van der Waals surface area contributed by atoms with E-state index >= 15 is 0 Å². The number of anilines is 2.